The molecule has 0 amide bonds. The number of aromatic hydroxyl groups is 1. The number of ether oxygens (including phenoxy) is 1. The van der Waals surface area contributed by atoms with Gasteiger partial charge in [-0.25, -0.2) is 4.79 Å². The van der Waals surface area contributed by atoms with Gasteiger partial charge in [0.25, 0.3) is 0 Å². The van der Waals surface area contributed by atoms with Crippen molar-refractivity contribution in [2.45, 2.75) is 6.92 Å². The SMILES string of the molecule is CCOC(=O)c1ccc(O)cc1.[Na].[Na]. The molecule has 0 heterocycles. The summed E-state index contributed by atoms with van der Waals surface area (Å²) in [6.45, 7) is 2.11. The molecule has 0 aliphatic carbocycles. The molecule has 0 aliphatic heterocycles. The van der Waals surface area contributed by atoms with Gasteiger partial charge in [-0.1, -0.05) is 0 Å². The second-order valence-electron chi connectivity index (χ2n) is 2.27. The van der Waals surface area contributed by atoms with Crippen molar-refractivity contribution in [2.75, 3.05) is 6.61 Å². The molecule has 3 nitrogen and oxygen atoms in total. The summed E-state index contributed by atoms with van der Waals surface area (Å²) in [7, 11) is 0. The van der Waals surface area contributed by atoms with Crippen molar-refractivity contribution in [3.05, 3.63) is 29.8 Å². The molecule has 0 unspecified atom stereocenters. The van der Waals surface area contributed by atoms with Crippen molar-refractivity contribution in [1.29, 1.82) is 0 Å². The number of rotatable bonds is 2. The zero-order valence-corrected chi connectivity index (χ0v) is 12.8. The average molecular weight is 212 g/mol. The number of benzene rings is 1. The molecule has 1 N–H and O–H groups in total. The topological polar surface area (TPSA) is 46.5 Å². The van der Waals surface area contributed by atoms with E-state index in [2.05, 4.69) is 0 Å². The summed E-state index contributed by atoms with van der Waals surface area (Å²) in [5.41, 5.74) is 0.453. The van der Waals surface area contributed by atoms with E-state index in [1.54, 1.807) is 6.92 Å². The van der Waals surface area contributed by atoms with Crippen LogP contribution in [0.4, 0.5) is 0 Å². The van der Waals surface area contributed by atoms with Crippen LogP contribution < -0.4 is 0 Å². The molecule has 0 bridgehead atoms. The van der Waals surface area contributed by atoms with Crippen LogP contribution >= 0.6 is 0 Å². The van der Waals surface area contributed by atoms with E-state index in [1.165, 1.54) is 24.3 Å². The minimum atomic E-state index is -0.363. The fourth-order valence-corrected chi connectivity index (χ4v) is 0.812. The Labute approximate surface area is 127 Å². The molecule has 0 aromatic heterocycles. The summed E-state index contributed by atoms with van der Waals surface area (Å²) in [6.07, 6.45) is 0. The third-order valence-corrected chi connectivity index (χ3v) is 1.38. The molecule has 14 heavy (non-hydrogen) atoms. The van der Waals surface area contributed by atoms with Crippen LogP contribution in [0.25, 0.3) is 0 Å². The van der Waals surface area contributed by atoms with Gasteiger partial charge in [-0.05, 0) is 31.2 Å². The minimum Gasteiger partial charge on any atom is -0.508 e. The molecule has 0 saturated carbocycles. The maximum absolute atomic E-state index is 11.1. The normalized spacial score (nSPS) is 8.07. The summed E-state index contributed by atoms with van der Waals surface area (Å²) < 4.78 is 4.75. The van der Waals surface area contributed by atoms with Crippen LogP contribution in [0.3, 0.4) is 0 Å². The Balaban J connectivity index is 0. The number of esters is 1. The molecule has 1 aromatic carbocycles. The summed E-state index contributed by atoms with van der Waals surface area (Å²) in [4.78, 5) is 11.1. The largest absolute Gasteiger partial charge is 0.508 e. The van der Waals surface area contributed by atoms with Gasteiger partial charge >= 0.3 is 5.97 Å². The zero-order valence-electron chi connectivity index (χ0n) is 8.78. The monoisotopic (exact) mass is 212 g/mol. The second-order valence-corrected chi connectivity index (χ2v) is 2.27. The number of carbonyl (C=O) groups is 1. The van der Waals surface area contributed by atoms with Crippen molar-refractivity contribution in [3.63, 3.8) is 0 Å². The summed E-state index contributed by atoms with van der Waals surface area (Å²) >= 11 is 0. The number of phenols is 1. The molecular weight excluding hydrogens is 202 g/mol. The molecule has 5 heteroatoms. The first-order chi connectivity index (χ1) is 5.74. The van der Waals surface area contributed by atoms with E-state index in [0.717, 1.165) is 0 Å². The van der Waals surface area contributed by atoms with E-state index < -0.39 is 0 Å². The van der Waals surface area contributed by atoms with Crippen LogP contribution in [0.1, 0.15) is 17.3 Å². The maximum atomic E-state index is 11.1. The minimum absolute atomic E-state index is 0. The summed E-state index contributed by atoms with van der Waals surface area (Å²) in [6, 6.07) is 5.94. The number of phenolic OH excluding ortho intramolecular Hbond substituents is 1. The quantitative estimate of drug-likeness (QED) is 0.582. The van der Waals surface area contributed by atoms with Crippen molar-refractivity contribution in [1.82, 2.24) is 0 Å². The van der Waals surface area contributed by atoms with Gasteiger partial charge in [0.1, 0.15) is 5.75 Å². The smallest absolute Gasteiger partial charge is 0.338 e. The van der Waals surface area contributed by atoms with Gasteiger partial charge in [0.2, 0.25) is 0 Å². The van der Waals surface area contributed by atoms with Crippen LogP contribution in [0.5, 0.6) is 5.75 Å². The summed E-state index contributed by atoms with van der Waals surface area (Å²) in [5, 5.41) is 8.92. The Morgan fingerprint density at radius 2 is 1.79 bits per heavy atom. The second kappa shape index (κ2) is 8.77. The molecule has 0 fully saturated rings. The van der Waals surface area contributed by atoms with Gasteiger partial charge in [0.05, 0.1) is 12.2 Å². The number of carbonyl (C=O) groups excluding carboxylic acids is 1. The third-order valence-electron chi connectivity index (χ3n) is 1.38. The van der Waals surface area contributed by atoms with Crippen LogP contribution in [0.2, 0.25) is 0 Å². The molecule has 0 spiro atoms. The molecule has 2 radical (unpaired) electrons. The third kappa shape index (κ3) is 5.39. The standard InChI is InChI=1S/C9H10O3.2Na/c1-2-12-9(11)7-3-5-8(10)6-4-7;;/h3-6,10H,2H2,1H3;;. The van der Waals surface area contributed by atoms with E-state index in [1.807, 2.05) is 0 Å². The molecule has 0 aliphatic rings. The Hall–Kier alpha value is 0.490. The van der Waals surface area contributed by atoms with E-state index in [0.29, 0.717) is 12.2 Å². The van der Waals surface area contributed by atoms with Gasteiger partial charge in [0, 0.05) is 59.1 Å². The Kier molecular flexibility index (Phi) is 10.6. The van der Waals surface area contributed by atoms with Crippen LogP contribution in [0, 0.1) is 0 Å². The fraction of sp³-hybridized carbons (Fsp3) is 0.222. The van der Waals surface area contributed by atoms with Crippen LogP contribution in [-0.4, -0.2) is 76.8 Å². The first-order valence-electron chi connectivity index (χ1n) is 3.70. The molecule has 0 atom stereocenters. The number of hydrogen-bond acceptors (Lipinski definition) is 3. The van der Waals surface area contributed by atoms with Crippen molar-refractivity contribution >= 4 is 65.1 Å². The Bertz CT molecular complexity index is 272. The van der Waals surface area contributed by atoms with Crippen molar-refractivity contribution in [3.8, 4) is 5.75 Å². The van der Waals surface area contributed by atoms with E-state index in [-0.39, 0.29) is 70.8 Å². The zero-order chi connectivity index (χ0) is 8.97. The molecule has 1 aromatic rings. The molecular formula is C9H10Na2O3. The van der Waals surface area contributed by atoms with E-state index in [4.69, 9.17) is 9.84 Å². The Morgan fingerprint density at radius 1 is 1.29 bits per heavy atom. The van der Waals surface area contributed by atoms with Crippen molar-refractivity contribution in [2.24, 2.45) is 0 Å². The number of hydrogen-bond donors (Lipinski definition) is 1. The van der Waals surface area contributed by atoms with Gasteiger partial charge in [-0.2, -0.15) is 0 Å². The van der Waals surface area contributed by atoms with Gasteiger partial charge in [0.15, 0.2) is 0 Å². The van der Waals surface area contributed by atoms with E-state index in [9.17, 15) is 4.79 Å². The average Bonchev–Trinajstić information content (AvgIpc) is 2.06. The van der Waals surface area contributed by atoms with Gasteiger partial charge in [-0.3, -0.25) is 0 Å². The Morgan fingerprint density at radius 3 is 2.21 bits per heavy atom. The van der Waals surface area contributed by atoms with Crippen molar-refractivity contribution < 1.29 is 14.6 Å². The fourth-order valence-electron chi connectivity index (χ4n) is 0.812. The molecule has 0 saturated heterocycles. The van der Waals surface area contributed by atoms with Gasteiger partial charge < -0.3 is 9.84 Å². The first kappa shape index (κ1) is 16.9. The molecule has 1 rings (SSSR count). The molecule has 66 valence electrons. The maximum Gasteiger partial charge on any atom is 0.338 e. The van der Waals surface area contributed by atoms with Crippen LogP contribution in [-0.2, 0) is 4.74 Å². The first-order valence-corrected chi connectivity index (χ1v) is 3.70. The van der Waals surface area contributed by atoms with E-state index >= 15 is 0 Å². The predicted octanol–water partition coefficient (Wildman–Crippen LogP) is 0.807. The van der Waals surface area contributed by atoms with Crippen LogP contribution in [0.15, 0.2) is 24.3 Å². The van der Waals surface area contributed by atoms with Gasteiger partial charge in [-0.15, -0.1) is 0 Å². The predicted molar refractivity (Wildman–Crippen MR) is 55.6 cm³/mol. The summed E-state index contributed by atoms with van der Waals surface area (Å²) in [5.74, 6) is -0.222.